The number of aryl methyl sites for hydroxylation is 1. The number of H-pyrrole nitrogens is 1. The number of hydrogen-bond donors (Lipinski definition) is 1. The summed E-state index contributed by atoms with van der Waals surface area (Å²) in [4.78, 5) is 38.3. The first kappa shape index (κ1) is 17.2. The van der Waals surface area contributed by atoms with Crippen molar-refractivity contribution in [1.82, 2.24) is 9.55 Å². The standard InChI is InChI=1S/C18H20N2O5/c1-3-12-10-20(18(23)19-16(12)21)15-9-14(11(2)24-15)25-17(22)13-7-5-4-6-8-13/h4-8,10-11,14-15H,3,9H2,1-2H3,(H,19,21,23)/t11-,14?,15-/m0/s1. The van der Waals surface area contributed by atoms with E-state index in [1.165, 1.54) is 10.8 Å². The SMILES string of the molecule is CCc1cn([C@@H]2CC(OC(=O)c3ccccc3)[C@H](C)O2)c(=O)[nH]c1=O. The molecule has 1 N–H and O–H groups in total. The molecule has 1 aromatic heterocycles. The highest BCUT2D eigenvalue weighted by atomic mass is 16.6. The zero-order valence-electron chi connectivity index (χ0n) is 14.1. The van der Waals surface area contributed by atoms with Crippen LogP contribution in [0.1, 0.15) is 42.4 Å². The molecule has 1 saturated heterocycles. The van der Waals surface area contributed by atoms with Gasteiger partial charge in [0.05, 0.1) is 11.7 Å². The second kappa shape index (κ2) is 7.06. The number of nitrogens with one attached hydrogen (secondary N) is 1. The van der Waals surface area contributed by atoms with Crippen LogP contribution in [0.15, 0.2) is 46.1 Å². The van der Waals surface area contributed by atoms with Crippen LogP contribution in [0.25, 0.3) is 0 Å². The van der Waals surface area contributed by atoms with Gasteiger partial charge in [-0.25, -0.2) is 9.59 Å². The average molecular weight is 344 g/mol. The third-order valence-corrected chi connectivity index (χ3v) is 4.33. The molecule has 3 atom stereocenters. The molecular weight excluding hydrogens is 324 g/mol. The van der Waals surface area contributed by atoms with Gasteiger partial charge >= 0.3 is 11.7 Å². The van der Waals surface area contributed by atoms with Gasteiger partial charge in [-0.15, -0.1) is 0 Å². The Kier molecular flexibility index (Phi) is 4.85. The Labute approximate surface area is 144 Å². The van der Waals surface area contributed by atoms with Crippen LogP contribution in [0.3, 0.4) is 0 Å². The molecule has 1 fully saturated rings. The van der Waals surface area contributed by atoms with Gasteiger partial charge in [0.15, 0.2) is 0 Å². The van der Waals surface area contributed by atoms with Crippen molar-refractivity contribution in [2.75, 3.05) is 0 Å². The smallest absolute Gasteiger partial charge is 0.338 e. The van der Waals surface area contributed by atoms with E-state index in [1.54, 1.807) is 31.2 Å². The van der Waals surface area contributed by atoms with Crippen LogP contribution in [0.5, 0.6) is 0 Å². The van der Waals surface area contributed by atoms with Crippen molar-refractivity contribution in [3.05, 3.63) is 68.5 Å². The number of carbonyl (C=O) groups excluding carboxylic acids is 1. The van der Waals surface area contributed by atoms with Crippen LogP contribution in [0, 0.1) is 0 Å². The van der Waals surface area contributed by atoms with Gasteiger partial charge in [-0.1, -0.05) is 25.1 Å². The van der Waals surface area contributed by atoms with Crippen LogP contribution in [-0.4, -0.2) is 27.7 Å². The normalized spacial score (nSPS) is 22.7. The van der Waals surface area contributed by atoms with E-state index in [9.17, 15) is 14.4 Å². The van der Waals surface area contributed by atoms with Crippen LogP contribution in [0.2, 0.25) is 0 Å². The molecule has 2 aromatic rings. The number of aromatic amines is 1. The Balaban J connectivity index is 1.77. The molecule has 0 radical (unpaired) electrons. The summed E-state index contributed by atoms with van der Waals surface area (Å²) in [5.41, 5.74) is 0.0458. The van der Waals surface area contributed by atoms with Gasteiger partial charge < -0.3 is 9.47 Å². The van der Waals surface area contributed by atoms with Crippen molar-refractivity contribution < 1.29 is 14.3 Å². The van der Waals surface area contributed by atoms with Gasteiger partial charge in [0.25, 0.3) is 5.56 Å². The first-order valence-corrected chi connectivity index (χ1v) is 8.25. The van der Waals surface area contributed by atoms with Crippen LogP contribution in [-0.2, 0) is 15.9 Å². The van der Waals surface area contributed by atoms with E-state index in [2.05, 4.69) is 4.98 Å². The largest absolute Gasteiger partial charge is 0.456 e. The average Bonchev–Trinajstić information content (AvgIpc) is 2.96. The van der Waals surface area contributed by atoms with E-state index in [0.717, 1.165) is 0 Å². The highest BCUT2D eigenvalue weighted by Crippen LogP contribution is 2.30. The fraction of sp³-hybridized carbons (Fsp3) is 0.389. The molecule has 0 aliphatic carbocycles. The first-order valence-electron chi connectivity index (χ1n) is 8.25. The number of esters is 1. The van der Waals surface area contributed by atoms with Crippen molar-refractivity contribution in [3.63, 3.8) is 0 Å². The molecule has 0 bridgehead atoms. The summed E-state index contributed by atoms with van der Waals surface area (Å²) >= 11 is 0. The quantitative estimate of drug-likeness (QED) is 0.852. The lowest BCUT2D eigenvalue weighted by Crippen LogP contribution is -2.34. The van der Waals surface area contributed by atoms with Gasteiger partial charge in [0.1, 0.15) is 12.3 Å². The van der Waals surface area contributed by atoms with E-state index >= 15 is 0 Å². The summed E-state index contributed by atoms with van der Waals surface area (Å²) in [5, 5.41) is 0. The molecule has 1 unspecified atom stereocenters. The second-order valence-electron chi connectivity index (χ2n) is 6.02. The lowest BCUT2D eigenvalue weighted by Gasteiger charge is -2.14. The van der Waals surface area contributed by atoms with Crippen LogP contribution < -0.4 is 11.2 Å². The van der Waals surface area contributed by atoms with Gasteiger partial charge in [0, 0.05) is 18.2 Å². The minimum Gasteiger partial charge on any atom is -0.456 e. The predicted molar refractivity (Wildman–Crippen MR) is 90.5 cm³/mol. The monoisotopic (exact) mass is 344 g/mol. The number of aromatic nitrogens is 2. The summed E-state index contributed by atoms with van der Waals surface area (Å²) in [6.07, 6.45) is 0.945. The molecule has 1 aliphatic rings. The molecule has 2 heterocycles. The van der Waals surface area contributed by atoms with Crippen molar-refractivity contribution >= 4 is 5.97 Å². The number of carbonyl (C=O) groups is 1. The highest BCUT2D eigenvalue weighted by Gasteiger charge is 2.36. The molecule has 1 aromatic carbocycles. The molecule has 0 amide bonds. The minimum atomic E-state index is -0.585. The van der Waals surface area contributed by atoms with Gasteiger partial charge in [-0.05, 0) is 25.5 Å². The maximum atomic E-state index is 12.2. The molecular formula is C18H20N2O5. The van der Waals surface area contributed by atoms with Gasteiger partial charge in [0.2, 0.25) is 0 Å². The lowest BCUT2D eigenvalue weighted by atomic mass is 10.2. The molecule has 25 heavy (non-hydrogen) atoms. The maximum Gasteiger partial charge on any atom is 0.338 e. The molecule has 0 spiro atoms. The van der Waals surface area contributed by atoms with Gasteiger partial charge in [-0.2, -0.15) is 0 Å². The van der Waals surface area contributed by atoms with E-state index in [-0.39, 0.29) is 11.7 Å². The third kappa shape index (κ3) is 3.56. The van der Waals surface area contributed by atoms with E-state index in [0.29, 0.717) is 24.0 Å². The lowest BCUT2D eigenvalue weighted by molar-refractivity contribution is -0.0209. The minimum absolute atomic E-state index is 0.342. The first-order chi connectivity index (χ1) is 12.0. The van der Waals surface area contributed by atoms with Crippen LogP contribution >= 0.6 is 0 Å². The summed E-state index contributed by atoms with van der Waals surface area (Å²) < 4.78 is 12.7. The number of nitrogens with zero attached hydrogens (tertiary/aromatic N) is 1. The van der Waals surface area contributed by atoms with Gasteiger partial charge in [-0.3, -0.25) is 14.3 Å². The Morgan fingerprint density at radius 1 is 1.32 bits per heavy atom. The predicted octanol–water partition coefficient (Wildman–Crippen LogP) is 1.63. The zero-order valence-corrected chi connectivity index (χ0v) is 14.1. The summed E-state index contributed by atoms with van der Waals surface area (Å²) in [7, 11) is 0. The van der Waals surface area contributed by atoms with Crippen molar-refractivity contribution in [2.45, 2.75) is 45.1 Å². The second-order valence-corrected chi connectivity index (χ2v) is 6.02. The van der Waals surface area contributed by atoms with E-state index in [1.807, 2.05) is 13.0 Å². The maximum absolute atomic E-state index is 12.2. The van der Waals surface area contributed by atoms with Crippen molar-refractivity contribution in [3.8, 4) is 0 Å². The topological polar surface area (TPSA) is 90.4 Å². The number of hydrogen-bond acceptors (Lipinski definition) is 5. The zero-order chi connectivity index (χ0) is 18.0. The fourth-order valence-electron chi connectivity index (χ4n) is 2.88. The molecule has 7 nitrogen and oxygen atoms in total. The number of ether oxygens (including phenoxy) is 2. The molecule has 3 rings (SSSR count). The molecule has 0 saturated carbocycles. The van der Waals surface area contributed by atoms with Crippen molar-refractivity contribution in [1.29, 1.82) is 0 Å². The highest BCUT2D eigenvalue weighted by molar-refractivity contribution is 5.89. The van der Waals surface area contributed by atoms with E-state index < -0.39 is 24.0 Å². The third-order valence-electron chi connectivity index (χ3n) is 4.33. The van der Waals surface area contributed by atoms with E-state index in [4.69, 9.17) is 9.47 Å². The molecule has 1 aliphatic heterocycles. The fourth-order valence-corrected chi connectivity index (χ4v) is 2.88. The van der Waals surface area contributed by atoms with Crippen LogP contribution in [0.4, 0.5) is 0 Å². The Morgan fingerprint density at radius 3 is 2.72 bits per heavy atom. The number of rotatable bonds is 4. The molecule has 7 heteroatoms. The molecule has 132 valence electrons. The summed E-state index contributed by atoms with van der Waals surface area (Å²) in [6.45, 7) is 3.63. The van der Waals surface area contributed by atoms with Crippen molar-refractivity contribution in [2.24, 2.45) is 0 Å². The Bertz CT molecular complexity index is 871. The Morgan fingerprint density at radius 2 is 2.04 bits per heavy atom. The Hall–Kier alpha value is -2.67. The number of benzene rings is 1. The summed E-state index contributed by atoms with van der Waals surface area (Å²) in [5.74, 6) is -0.426. The summed E-state index contributed by atoms with van der Waals surface area (Å²) in [6, 6.07) is 8.71.